The number of imidazole rings is 1. The molecule has 0 saturated heterocycles. The van der Waals surface area contributed by atoms with Gasteiger partial charge in [-0.2, -0.15) is 0 Å². The quantitative estimate of drug-likeness (QED) is 0.156. The maximum atomic E-state index is 6.00. The third-order valence-corrected chi connectivity index (χ3v) is 9.28. The van der Waals surface area contributed by atoms with Gasteiger partial charge in [0.25, 0.3) is 0 Å². The molecule has 0 aliphatic heterocycles. The molecule has 0 saturated carbocycles. The van der Waals surface area contributed by atoms with E-state index in [9.17, 15) is 0 Å². The van der Waals surface area contributed by atoms with E-state index in [0.717, 1.165) is 72.6 Å². The molecule has 261 valence electrons. The van der Waals surface area contributed by atoms with Gasteiger partial charge in [0.2, 0.25) is 0 Å². The van der Waals surface area contributed by atoms with Gasteiger partial charge in [0.15, 0.2) is 0 Å². The Morgan fingerprint density at radius 2 is 1.34 bits per heavy atom. The number of rotatable bonds is 6. The number of aromatic nitrogens is 3. The van der Waals surface area contributed by atoms with Gasteiger partial charge in [-0.3, -0.25) is 4.98 Å². The zero-order valence-corrected chi connectivity index (χ0v) is 32.1. The average Bonchev–Trinajstić information content (AvgIpc) is 3.80. The van der Waals surface area contributed by atoms with Crippen molar-refractivity contribution in [3.05, 3.63) is 187 Å². The van der Waals surface area contributed by atoms with Crippen LogP contribution < -0.4 is 0 Å². The smallest absolute Gasteiger partial charge is 0.0774 e. The third-order valence-electron chi connectivity index (χ3n) is 9.28. The second-order valence-corrected chi connectivity index (χ2v) is 13.2. The average molecular weight is 864 g/mol. The zero-order chi connectivity index (χ0) is 35.4. The number of fused-ring (bicyclic) bond motifs is 2. The van der Waals surface area contributed by atoms with Crippen molar-refractivity contribution >= 4 is 22.0 Å². The van der Waals surface area contributed by atoms with Crippen LogP contribution >= 0.6 is 0 Å². The van der Waals surface area contributed by atoms with Crippen LogP contribution in [-0.2, 0) is 20.1 Å². The molecule has 1 radical (unpaired) electrons. The molecule has 4 nitrogen and oxygen atoms in total. The summed E-state index contributed by atoms with van der Waals surface area (Å²) in [4.78, 5) is 9.44. The van der Waals surface area contributed by atoms with Crippen LogP contribution in [0, 0.1) is 19.3 Å². The first kappa shape index (κ1) is 35.5. The number of pyridine rings is 1. The van der Waals surface area contributed by atoms with E-state index in [2.05, 4.69) is 146 Å². The van der Waals surface area contributed by atoms with E-state index in [1.165, 1.54) is 11.1 Å². The summed E-state index contributed by atoms with van der Waals surface area (Å²) in [6.07, 6.45) is 5.03. The molecule has 0 spiro atoms. The van der Waals surface area contributed by atoms with Crippen molar-refractivity contribution < 1.29 is 24.5 Å². The van der Waals surface area contributed by atoms with Crippen molar-refractivity contribution in [2.24, 2.45) is 0 Å². The first-order valence-electron chi connectivity index (χ1n) is 17.6. The first-order valence-corrected chi connectivity index (χ1v) is 17.6. The van der Waals surface area contributed by atoms with Gasteiger partial charge in [0, 0.05) is 49.3 Å². The molecule has 0 N–H and O–H groups in total. The van der Waals surface area contributed by atoms with Crippen molar-refractivity contribution in [2.75, 3.05) is 0 Å². The molecule has 9 rings (SSSR count). The second kappa shape index (κ2) is 15.8. The molecule has 3 heterocycles. The van der Waals surface area contributed by atoms with E-state index in [1.54, 1.807) is 6.20 Å². The van der Waals surface area contributed by atoms with Crippen LogP contribution in [0.2, 0.25) is 0 Å². The van der Waals surface area contributed by atoms with Crippen LogP contribution in [0.15, 0.2) is 168 Å². The number of para-hydroxylation sites is 2. The number of hydrogen-bond acceptors (Lipinski definition) is 3. The van der Waals surface area contributed by atoms with Crippen molar-refractivity contribution in [1.82, 2.24) is 14.5 Å². The summed E-state index contributed by atoms with van der Waals surface area (Å²) in [5.74, 6) is 1.22. The third kappa shape index (κ3) is 7.27. The molecule has 0 aliphatic rings. The van der Waals surface area contributed by atoms with E-state index >= 15 is 0 Å². The summed E-state index contributed by atoms with van der Waals surface area (Å²) < 4.78 is 8.30. The predicted octanol–water partition coefficient (Wildman–Crippen LogP) is 12.6. The summed E-state index contributed by atoms with van der Waals surface area (Å²) in [6, 6.07) is 57.4. The fraction of sp³-hybridized carbons (Fsp3) is 0.0833. The van der Waals surface area contributed by atoms with E-state index in [1.807, 2.05) is 54.6 Å². The summed E-state index contributed by atoms with van der Waals surface area (Å²) in [5.41, 5.74) is 13.8. The van der Waals surface area contributed by atoms with Gasteiger partial charge < -0.3 is 14.0 Å². The number of benzene rings is 6. The van der Waals surface area contributed by atoms with Gasteiger partial charge in [-0.1, -0.05) is 133 Å². The minimum atomic E-state index is 0. The number of nitrogens with zero attached hydrogens (tertiary/aromatic N) is 3. The van der Waals surface area contributed by atoms with Gasteiger partial charge in [-0.05, 0) is 65.6 Å². The number of hydrogen-bond donors (Lipinski definition) is 0. The van der Waals surface area contributed by atoms with Crippen LogP contribution in [0.5, 0.6) is 0 Å². The predicted molar refractivity (Wildman–Crippen MR) is 213 cm³/mol. The Balaban J connectivity index is 0.000000284. The SMILES string of the molecule is Cc1cc(-c2ccccc2)c(-n2c(-c3[c-]oc4ccc(C(C)C)cc34)nc3ccccc32)c(-c2ccccc2)c1.[Ir].[c-]1ccccc1-c1ccccn1. The second-order valence-electron chi connectivity index (χ2n) is 13.2. The van der Waals surface area contributed by atoms with Crippen LogP contribution in [0.4, 0.5) is 0 Å². The molecular weight excluding hydrogens is 827 g/mol. The van der Waals surface area contributed by atoms with Gasteiger partial charge in [0.1, 0.15) is 0 Å². The summed E-state index contributed by atoms with van der Waals surface area (Å²) in [5, 5.41) is 1.03. The molecule has 0 fully saturated rings. The van der Waals surface area contributed by atoms with Crippen LogP contribution in [0.1, 0.15) is 30.9 Å². The standard InChI is InChI=1S/C37H29N2O.C11H8N.Ir/c1-24(2)28-18-19-35-31(22-28)32(23-40-35)37-38-33-16-10-11-17-34(33)39(37)36-29(26-12-6-4-7-13-26)20-25(3)21-30(36)27-14-8-5-9-15-27;1-2-6-10(7-3-1)11-8-4-5-9-12-11;/h4-22,24H,1-3H3;1-6,8-9H;/q2*-1;. The Morgan fingerprint density at radius 1 is 0.679 bits per heavy atom. The molecule has 0 atom stereocenters. The van der Waals surface area contributed by atoms with Gasteiger partial charge in [-0.25, -0.2) is 0 Å². The number of furan rings is 1. The molecular formula is C48H37IrN3O-2. The normalized spacial score (nSPS) is 10.9. The van der Waals surface area contributed by atoms with Crippen molar-refractivity contribution in [2.45, 2.75) is 26.7 Å². The molecule has 0 aliphatic carbocycles. The molecule has 0 unspecified atom stereocenters. The zero-order valence-electron chi connectivity index (χ0n) is 29.7. The minimum absolute atomic E-state index is 0. The van der Waals surface area contributed by atoms with Gasteiger partial charge in [-0.15, -0.1) is 35.9 Å². The van der Waals surface area contributed by atoms with Gasteiger partial charge >= 0.3 is 0 Å². The summed E-state index contributed by atoms with van der Waals surface area (Å²) in [6.45, 7) is 6.59. The Hall–Kier alpha value is -5.87. The van der Waals surface area contributed by atoms with E-state index in [-0.39, 0.29) is 20.1 Å². The largest absolute Gasteiger partial charge is 0.557 e. The summed E-state index contributed by atoms with van der Waals surface area (Å²) >= 11 is 0. The summed E-state index contributed by atoms with van der Waals surface area (Å²) in [7, 11) is 0. The number of aryl methyl sites for hydroxylation is 1. The van der Waals surface area contributed by atoms with Crippen LogP contribution in [0.3, 0.4) is 0 Å². The van der Waals surface area contributed by atoms with Crippen molar-refractivity contribution in [3.63, 3.8) is 0 Å². The minimum Gasteiger partial charge on any atom is -0.557 e. The molecule has 9 aromatic rings. The fourth-order valence-corrected chi connectivity index (χ4v) is 6.71. The maximum absolute atomic E-state index is 6.00. The molecule has 3 aromatic heterocycles. The molecule has 0 bridgehead atoms. The Bertz CT molecular complexity index is 2500. The first-order chi connectivity index (χ1) is 25.5. The fourth-order valence-electron chi connectivity index (χ4n) is 6.71. The van der Waals surface area contributed by atoms with Crippen molar-refractivity contribution in [1.29, 1.82) is 0 Å². The topological polar surface area (TPSA) is 43.9 Å². The van der Waals surface area contributed by atoms with E-state index in [0.29, 0.717) is 5.92 Å². The van der Waals surface area contributed by atoms with Crippen LogP contribution in [-0.4, -0.2) is 14.5 Å². The van der Waals surface area contributed by atoms with Gasteiger partial charge in [0.05, 0.1) is 22.5 Å². The molecule has 53 heavy (non-hydrogen) atoms. The Kier molecular flexibility index (Phi) is 10.6. The Labute approximate surface area is 324 Å². The molecule has 0 amide bonds. The van der Waals surface area contributed by atoms with Crippen molar-refractivity contribution in [3.8, 4) is 50.6 Å². The molecule has 6 aromatic carbocycles. The van der Waals surface area contributed by atoms with E-state index in [4.69, 9.17) is 9.40 Å². The molecule has 5 heteroatoms. The Morgan fingerprint density at radius 3 is 1.98 bits per heavy atom. The maximum Gasteiger partial charge on any atom is 0.0774 e. The van der Waals surface area contributed by atoms with E-state index < -0.39 is 0 Å². The monoisotopic (exact) mass is 864 g/mol. The van der Waals surface area contributed by atoms with Crippen LogP contribution in [0.25, 0.3) is 72.6 Å².